The normalized spacial score (nSPS) is 15.1. The molecular formula is C20H14ClFN4O3. The smallest absolute Gasteiger partial charge is 0.352 e. The van der Waals surface area contributed by atoms with Gasteiger partial charge in [-0.3, -0.25) is 4.79 Å². The van der Waals surface area contributed by atoms with Gasteiger partial charge in [-0.05, 0) is 42.0 Å². The first-order valence-corrected chi connectivity index (χ1v) is 8.92. The summed E-state index contributed by atoms with van der Waals surface area (Å²) in [5.41, 5.74) is 1.06. The largest absolute Gasteiger partial charge is 0.477 e. The highest BCUT2D eigenvalue weighted by Gasteiger charge is 2.29. The average molecular weight is 413 g/mol. The molecule has 2 heterocycles. The number of fused-ring (bicyclic) bond motifs is 1. The van der Waals surface area contributed by atoms with E-state index in [1.165, 1.54) is 35.2 Å². The predicted molar refractivity (Wildman–Crippen MR) is 106 cm³/mol. The van der Waals surface area contributed by atoms with Crippen molar-refractivity contribution in [3.05, 3.63) is 88.5 Å². The van der Waals surface area contributed by atoms with Gasteiger partial charge in [0.25, 0.3) is 5.91 Å². The van der Waals surface area contributed by atoms with E-state index in [-0.39, 0.29) is 22.8 Å². The first-order valence-electron chi connectivity index (χ1n) is 8.54. The van der Waals surface area contributed by atoms with Gasteiger partial charge in [-0.25, -0.2) is 13.9 Å². The fourth-order valence-electron chi connectivity index (χ4n) is 3.05. The van der Waals surface area contributed by atoms with Gasteiger partial charge in [0.15, 0.2) is 0 Å². The number of halogens is 2. The molecule has 1 amide bonds. The second kappa shape index (κ2) is 7.40. The van der Waals surface area contributed by atoms with Gasteiger partial charge in [0.2, 0.25) is 0 Å². The molecular weight excluding hydrogens is 399 g/mol. The lowest BCUT2D eigenvalue weighted by Gasteiger charge is -2.24. The molecule has 1 aliphatic rings. The molecule has 146 valence electrons. The summed E-state index contributed by atoms with van der Waals surface area (Å²) in [6.45, 7) is 0. The Kier molecular flexibility index (Phi) is 4.77. The number of nitrogens with zero attached hydrogens (tertiary/aromatic N) is 2. The summed E-state index contributed by atoms with van der Waals surface area (Å²) < 4.78 is 14.9. The number of nitrogens with one attached hydrogen (secondary N) is 2. The topological polar surface area (TPSA) is 96.2 Å². The molecule has 3 N–H and O–H groups in total. The third-order valence-electron chi connectivity index (χ3n) is 4.41. The van der Waals surface area contributed by atoms with Crippen LogP contribution in [0.25, 0.3) is 0 Å². The standard InChI is InChI=1S/C20H14ClFN4O3/c21-12-6-4-11(5-7-12)17-9-16(20(28)29)25-18-15(10-23-26(17)18)19(27)24-14-3-1-2-13(22)8-14/h1-10,17,25H,(H,24,27)(H,28,29)/t17-/m1/s1. The maximum absolute atomic E-state index is 13.4. The number of carbonyl (C=O) groups is 2. The molecule has 0 radical (unpaired) electrons. The Labute approximate surface area is 169 Å². The quantitative estimate of drug-likeness (QED) is 0.603. The molecule has 0 saturated heterocycles. The minimum absolute atomic E-state index is 0.0854. The van der Waals surface area contributed by atoms with Crippen molar-refractivity contribution in [3.8, 4) is 0 Å². The molecule has 9 heteroatoms. The van der Waals surface area contributed by atoms with E-state index in [0.717, 1.165) is 5.56 Å². The maximum atomic E-state index is 13.4. The van der Waals surface area contributed by atoms with Crippen molar-refractivity contribution < 1.29 is 19.1 Å². The molecule has 2 aromatic carbocycles. The number of allylic oxidation sites excluding steroid dienone is 1. The molecule has 1 aliphatic heterocycles. The highest BCUT2D eigenvalue weighted by Crippen LogP contribution is 2.33. The highest BCUT2D eigenvalue weighted by atomic mass is 35.5. The molecule has 7 nitrogen and oxygen atoms in total. The monoisotopic (exact) mass is 412 g/mol. The van der Waals surface area contributed by atoms with Crippen molar-refractivity contribution in [1.29, 1.82) is 0 Å². The molecule has 0 bridgehead atoms. The SMILES string of the molecule is O=C(O)C1=C[C@H](c2ccc(Cl)cc2)n2ncc(C(=O)Nc3cccc(F)c3)c2N1. The molecule has 1 atom stereocenters. The lowest BCUT2D eigenvalue weighted by Crippen LogP contribution is -2.25. The Hall–Kier alpha value is -3.65. The Morgan fingerprint density at radius 2 is 1.97 bits per heavy atom. The minimum Gasteiger partial charge on any atom is -0.477 e. The third-order valence-corrected chi connectivity index (χ3v) is 4.66. The van der Waals surface area contributed by atoms with Gasteiger partial charge >= 0.3 is 5.97 Å². The van der Waals surface area contributed by atoms with E-state index >= 15 is 0 Å². The fourth-order valence-corrected chi connectivity index (χ4v) is 3.17. The molecule has 29 heavy (non-hydrogen) atoms. The zero-order valence-corrected chi connectivity index (χ0v) is 15.5. The number of anilines is 2. The summed E-state index contributed by atoms with van der Waals surface area (Å²) >= 11 is 5.94. The number of carbonyl (C=O) groups excluding carboxylic acids is 1. The van der Waals surface area contributed by atoms with Gasteiger partial charge in [0.05, 0.1) is 12.2 Å². The second-order valence-corrected chi connectivity index (χ2v) is 6.76. The van der Waals surface area contributed by atoms with E-state index in [9.17, 15) is 19.1 Å². The molecule has 0 unspecified atom stereocenters. The van der Waals surface area contributed by atoms with Crippen molar-refractivity contribution in [2.24, 2.45) is 0 Å². The van der Waals surface area contributed by atoms with Crippen molar-refractivity contribution in [3.63, 3.8) is 0 Å². The number of carboxylic acid groups (broad SMARTS) is 1. The molecule has 3 aromatic rings. The third kappa shape index (κ3) is 3.70. The second-order valence-electron chi connectivity index (χ2n) is 6.32. The van der Waals surface area contributed by atoms with Crippen LogP contribution in [0.15, 0.2) is 66.5 Å². The van der Waals surface area contributed by atoms with Gasteiger partial charge in [-0.15, -0.1) is 0 Å². The first kappa shape index (κ1) is 18.7. The summed E-state index contributed by atoms with van der Waals surface area (Å²) in [5, 5.41) is 19.6. The van der Waals surface area contributed by atoms with Gasteiger partial charge in [0.1, 0.15) is 22.9 Å². The van der Waals surface area contributed by atoms with E-state index in [2.05, 4.69) is 15.7 Å². The Bertz CT molecular complexity index is 1140. The van der Waals surface area contributed by atoms with Crippen molar-refractivity contribution >= 4 is 35.0 Å². The number of carboxylic acids is 1. The maximum Gasteiger partial charge on any atom is 0.352 e. The van der Waals surface area contributed by atoms with Crippen LogP contribution < -0.4 is 10.6 Å². The highest BCUT2D eigenvalue weighted by molar-refractivity contribution is 6.30. The first-order chi connectivity index (χ1) is 13.9. The van der Waals surface area contributed by atoms with Gasteiger partial charge < -0.3 is 15.7 Å². The number of hydrogen-bond donors (Lipinski definition) is 3. The number of aromatic nitrogens is 2. The molecule has 4 rings (SSSR count). The van der Waals surface area contributed by atoms with Gasteiger partial charge in [-0.1, -0.05) is 29.8 Å². The van der Waals surface area contributed by atoms with Crippen LogP contribution in [0, 0.1) is 5.82 Å². The van der Waals surface area contributed by atoms with Crippen LogP contribution in [0.5, 0.6) is 0 Å². The zero-order valence-electron chi connectivity index (χ0n) is 14.8. The lowest BCUT2D eigenvalue weighted by atomic mass is 10.0. The number of amides is 1. The van der Waals surface area contributed by atoms with E-state index in [0.29, 0.717) is 5.02 Å². The van der Waals surface area contributed by atoms with Crippen molar-refractivity contribution in [1.82, 2.24) is 9.78 Å². The van der Waals surface area contributed by atoms with Crippen molar-refractivity contribution in [2.75, 3.05) is 10.6 Å². The predicted octanol–water partition coefficient (Wildman–Crippen LogP) is 3.91. The van der Waals surface area contributed by atoms with E-state index < -0.39 is 23.7 Å². The van der Waals surface area contributed by atoms with E-state index in [1.807, 2.05) is 0 Å². The van der Waals surface area contributed by atoms with Crippen LogP contribution in [-0.2, 0) is 4.79 Å². The summed E-state index contributed by atoms with van der Waals surface area (Å²) in [6, 6.07) is 11.8. The van der Waals surface area contributed by atoms with E-state index in [1.54, 1.807) is 30.3 Å². The molecule has 0 spiro atoms. The summed E-state index contributed by atoms with van der Waals surface area (Å²) in [4.78, 5) is 24.3. The molecule has 0 saturated carbocycles. The fraction of sp³-hybridized carbons (Fsp3) is 0.0500. The Balaban J connectivity index is 1.72. The van der Waals surface area contributed by atoms with Crippen molar-refractivity contribution in [2.45, 2.75) is 6.04 Å². The summed E-state index contributed by atoms with van der Waals surface area (Å²) in [7, 11) is 0. The number of hydrogen-bond acceptors (Lipinski definition) is 4. The molecule has 1 aromatic heterocycles. The van der Waals surface area contributed by atoms with Crippen LogP contribution in [-0.4, -0.2) is 26.8 Å². The van der Waals surface area contributed by atoms with Gasteiger partial charge in [0, 0.05) is 10.7 Å². The van der Waals surface area contributed by atoms with E-state index in [4.69, 9.17) is 11.6 Å². The molecule has 0 aliphatic carbocycles. The number of benzene rings is 2. The average Bonchev–Trinajstić information content (AvgIpc) is 3.12. The Morgan fingerprint density at radius 3 is 2.66 bits per heavy atom. The summed E-state index contributed by atoms with van der Waals surface area (Å²) in [6.07, 6.45) is 2.83. The molecule has 0 fully saturated rings. The zero-order chi connectivity index (χ0) is 20.5. The minimum atomic E-state index is -1.17. The van der Waals surface area contributed by atoms with Crippen LogP contribution in [0.3, 0.4) is 0 Å². The Morgan fingerprint density at radius 1 is 1.21 bits per heavy atom. The summed E-state index contributed by atoms with van der Waals surface area (Å²) in [5.74, 6) is -1.99. The van der Waals surface area contributed by atoms with Crippen LogP contribution in [0.4, 0.5) is 15.9 Å². The number of rotatable bonds is 4. The van der Waals surface area contributed by atoms with Crippen LogP contribution >= 0.6 is 11.6 Å². The lowest BCUT2D eigenvalue weighted by molar-refractivity contribution is -0.132. The van der Waals surface area contributed by atoms with Crippen LogP contribution in [0.1, 0.15) is 22.0 Å². The van der Waals surface area contributed by atoms with Gasteiger partial charge in [-0.2, -0.15) is 5.10 Å². The number of aliphatic carboxylic acids is 1. The van der Waals surface area contributed by atoms with Crippen LogP contribution in [0.2, 0.25) is 5.02 Å².